The van der Waals surface area contributed by atoms with Crippen molar-refractivity contribution in [1.82, 2.24) is 30.2 Å². The molecule has 204 valence electrons. The fourth-order valence-electron chi connectivity index (χ4n) is 5.42. The molecule has 9 nitrogen and oxygen atoms in total. The average Bonchev–Trinajstić information content (AvgIpc) is 3.28. The van der Waals surface area contributed by atoms with Gasteiger partial charge in [0, 0.05) is 22.5 Å². The third-order valence-corrected chi connectivity index (χ3v) is 7.31. The molecule has 3 saturated carbocycles. The van der Waals surface area contributed by atoms with Gasteiger partial charge in [-0.25, -0.2) is 27.2 Å². The van der Waals surface area contributed by atoms with E-state index in [1.165, 1.54) is 6.20 Å². The minimum atomic E-state index is -4.87. The summed E-state index contributed by atoms with van der Waals surface area (Å²) in [6.07, 6.45) is -4.89. The summed E-state index contributed by atoms with van der Waals surface area (Å²) in [7, 11) is 0. The standard InChI is InChI=1S/C22H19F7N6O3/c23-12-1-2-13(14(24)3-12)20(37,10-35-11-32-33-34-35)22(28,29)19-7-18(8-19,9-19)15-4-31-17(5-30-15)38-6-16(36)21(25,26)27/h1-5,11,16,36-37H,6-10H2/t16-,18?,19?,20-/m0/s1. The monoisotopic (exact) mass is 548 g/mol. The summed E-state index contributed by atoms with van der Waals surface area (Å²) >= 11 is 0. The van der Waals surface area contributed by atoms with Crippen molar-refractivity contribution in [2.24, 2.45) is 5.41 Å². The molecule has 2 atom stereocenters. The van der Waals surface area contributed by atoms with Gasteiger partial charge in [-0.1, -0.05) is 0 Å². The molecule has 3 aliphatic rings. The first-order chi connectivity index (χ1) is 17.7. The molecule has 6 rings (SSSR count). The van der Waals surface area contributed by atoms with Crippen LogP contribution in [0, 0.1) is 17.0 Å². The highest BCUT2D eigenvalue weighted by Crippen LogP contribution is 2.80. The Hall–Kier alpha value is -3.40. The molecular formula is C22H19F7N6O3. The zero-order chi connectivity index (χ0) is 27.6. The van der Waals surface area contributed by atoms with E-state index in [2.05, 4.69) is 25.5 Å². The molecule has 0 spiro atoms. The summed E-state index contributed by atoms with van der Waals surface area (Å²) in [5.74, 6) is -6.61. The normalized spacial score (nSPS) is 25.2. The van der Waals surface area contributed by atoms with Crippen LogP contribution < -0.4 is 4.74 Å². The van der Waals surface area contributed by atoms with Gasteiger partial charge in [-0.15, -0.1) is 5.10 Å². The zero-order valence-corrected chi connectivity index (χ0v) is 19.2. The van der Waals surface area contributed by atoms with Gasteiger partial charge >= 0.3 is 6.18 Å². The van der Waals surface area contributed by atoms with Crippen LogP contribution in [-0.2, 0) is 17.6 Å². The Balaban J connectivity index is 1.35. The van der Waals surface area contributed by atoms with E-state index in [-0.39, 0.29) is 30.8 Å². The predicted molar refractivity (Wildman–Crippen MR) is 111 cm³/mol. The van der Waals surface area contributed by atoms with Crippen LogP contribution in [0.3, 0.4) is 0 Å². The van der Waals surface area contributed by atoms with Crippen molar-refractivity contribution in [3.8, 4) is 5.88 Å². The number of alkyl halides is 5. The van der Waals surface area contributed by atoms with Crippen molar-refractivity contribution >= 4 is 0 Å². The molecule has 2 bridgehead atoms. The smallest absolute Gasteiger partial charge is 0.417 e. The number of aliphatic hydroxyl groups excluding tert-OH is 1. The molecule has 0 unspecified atom stereocenters. The lowest BCUT2D eigenvalue weighted by molar-refractivity contribution is -0.348. The van der Waals surface area contributed by atoms with E-state index in [9.17, 15) is 27.1 Å². The van der Waals surface area contributed by atoms with Crippen LogP contribution in [0.2, 0.25) is 0 Å². The Morgan fingerprint density at radius 3 is 2.32 bits per heavy atom. The molecule has 0 aliphatic heterocycles. The quantitative estimate of drug-likeness (QED) is 0.392. The molecule has 1 aromatic carbocycles. The minimum absolute atomic E-state index is 0.157. The van der Waals surface area contributed by atoms with Crippen LogP contribution >= 0.6 is 0 Å². The summed E-state index contributed by atoms with van der Waals surface area (Å²) in [6, 6.07) is 1.91. The predicted octanol–water partition coefficient (Wildman–Crippen LogP) is 2.69. The number of benzene rings is 1. The Labute approximate surface area is 209 Å². The summed E-state index contributed by atoms with van der Waals surface area (Å²) in [4.78, 5) is 7.92. The Bertz CT molecular complexity index is 1300. The largest absolute Gasteiger partial charge is 0.473 e. The van der Waals surface area contributed by atoms with Gasteiger partial charge < -0.3 is 14.9 Å². The Morgan fingerprint density at radius 1 is 1.05 bits per heavy atom. The summed E-state index contributed by atoms with van der Waals surface area (Å²) in [5, 5.41) is 30.5. The van der Waals surface area contributed by atoms with Crippen molar-refractivity contribution in [2.75, 3.05) is 6.61 Å². The summed E-state index contributed by atoms with van der Waals surface area (Å²) in [6.45, 7) is -2.02. The molecule has 2 aromatic heterocycles. The first-order valence-corrected chi connectivity index (χ1v) is 11.2. The van der Waals surface area contributed by atoms with Crippen LogP contribution in [0.15, 0.2) is 36.9 Å². The zero-order valence-electron chi connectivity index (χ0n) is 19.2. The van der Waals surface area contributed by atoms with E-state index < -0.39 is 65.0 Å². The number of hydrogen-bond acceptors (Lipinski definition) is 8. The molecular weight excluding hydrogens is 529 g/mol. The third kappa shape index (κ3) is 3.97. The van der Waals surface area contributed by atoms with Crippen molar-refractivity contribution < 1.29 is 45.7 Å². The number of halogens is 7. The number of aromatic nitrogens is 6. The first-order valence-electron chi connectivity index (χ1n) is 11.2. The fraction of sp³-hybridized carbons (Fsp3) is 0.500. The van der Waals surface area contributed by atoms with Gasteiger partial charge in [0.25, 0.3) is 5.92 Å². The van der Waals surface area contributed by atoms with Crippen molar-refractivity contribution in [1.29, 1.82) is 0 Å². The van der Waals surface area contributed by atoms with Gasteiger partial charge in [-0.05, 0) is 41.8 Å². The summed E-state index contributed by atoms with van der Waals surface area (Å²) in [5.41, 5.74) is -6.27. The van der Waals surface area contributed by atoms with Gasteiger partial charge in [0.05, 0.1) is 24.6 Å². The van der Waals surface area contributed by atoms with Crippen LogP contribution in [0.5, 0.6) is 5.88 Å². The van der Waals surface area contributed by atoms with Gasteiger partial charge in [0.2, 0.25) is 5.88 Å². The molecule has 3 aromatic rings. The van der Waals surface area contributed by atoms with Crippen LogP contribution in [-0.4, -0.2) is 65.2 Å². The van der Waals surface area contributed by atoms with Gasteiger partial charge in [0.1, 0.15) is 24.6 Å². The van der Waals surface area contributed by atoms with Crippen molar-refractivity contribution in [3.63, 3.8) is 0 Å². The molecule has 3 aliphatic carbocycles. The van der Waals surface area contributed by atoms with Crippen molar-refractivity contribution in [3.05, 3.63) is 59.8 Å². The van der Waals surface area contributed by atoms with Crippen LogP contribution in [0.4, 0.5) is 30.7 Å². The molecule has 2 heterocycles. The summed E-state index contributed by atoms with van der Waals surface area (Å²) < 4.78 is 103. The van der Waals surface area contributed by atoms with Gasteiger partial charge in [-0.2, -0.15) is 13.2 Å². The van der Waals surface area contributed by atoms with Crippen LogP contribution in [0.1, 0.15) is 30.5 Å². The van der Waals surface area contributed by atoms with Crippen LogP contribution in [0.25, 0.3) is 0 Å². The number of ether oxygens (including phenoxy) is 1. The Morgan fingerprint density at radius 2 is 1.76 bits per heavy atom. The lowest BCUT2D eigenvalue weighted by Crippen LogP contribution is -2.76. The molecule has 38 heavy (non-hydrogen) atoms. The van der Waals surface area contributed by atoms with E-state index >= 15 is 8.78 Å². The maximum atomic E-state index is 16.2. The molecule has 2 N–H and O–H groups in total. The number of tetrazole rings is 1. The topological polar surface area (TPSA) is 119 Å². The average molecular weight is 548 g/mol. The highest BCUT2D eigenvalue weighted by atomic mass is 19.4. The molecule has 3 fully saturated rings. The van der Waals surface area contributed by atoms with E-state index in [0.717, 1.165) is 29.3 Å². The molecule has 0 radical (unpaired) electrons. The molecule has 16 heteroatoms. The van der Waals surface area contributed by atoms with Crippen molar-refractivity contribution in [2.45, 2.75) is 55.0 Å². The third-order valence-electron chi connectivity index (χ3n) is 7.31. The second-order valence-electron chi connectivity index (χ2n) is 9.77. The lowest BCUT2D eigenvalue weighted by Gasteiger charge is -2.73. The number of hydrogen-bond donors (Lipinski definition) is 2. The Kier molecular flexibility index (Phi) is 5.90. The van der Waals surface area contributed by atoms with E-state index in [1.54, 1.807) is 0 Å². The van der Waals surface area contributed by atoms with E-state index in [0.29, 0.717) is 6.07 Å². The van der Waals surface area contributed by atoms with Gasteiger partial charge in [0.15, 0.2) is 11.7 Å². The molecule has 0 saturated heterocycles. The highest BCUT2D eigenvalue weighted by Gasteiger charge is 2.82. The maximum absolute atomic E-state index is 16.2. The number of nitrogens with zero attached hydrogens (tertiary/aromatic N) is 6. The first kappa shape index (κ1) is 26.2. The SMILES string of the molecule is O[C@@H](COc1cnc(C23CC(C(F)(F)[C@](O)(Cn4cnnn4)c4ccc(F)cc4F)(C2)C3)cn1)C(F)(F)F. The van der Waals surface area contributed by atoms with E-state index in [1.807, 2.05) is 0 Å². The minimum Gasteiger partial charge on any atom is -0.473 e. The lowest BCUT2D eigenvalue weighted by atomic mass is 9.31. The van der Waals surface area contributed by atoms with E-state index in [4.69, 9.17) is 9.84 Å². The highest BCUT2D eigenvalue weighted by molar-refractivity contribution is 5.40. The fourth-order valence-corrected chi connectivity index (χ4v) is 5.42. The maximum Gasteiger partial charge on any atom is 0.417 e. The number of aliphatic hydroxyl groups is 2. The second-order valence-corrected chi connectivity index (χ2v) is 9.77. The second kappa shape index (κ2) is 8.56. The molecule has 0 amide bonds. The number of rotatable bonds is 9. The van der Waals surface area contributed by atoms with Gasteiger partial charge in [-0.3, -0.25) is 4.98 Å².